The van der Waals surface area contributed by atoms with E-state index in [1.165, 1.54) is 18.4 Å². The predicted octanol–water partition coefficient (Wildman–Crippen LogP) is 2.42. The van der Waals surface area contributed by atoms with E-state index in [2.05, 4.69) is 10.2 Å². The number of rotatable bonds is 4. The molecule has 0 radical (unpaired) electrons. The lowest BCUT2D eigenvalue weighted by Crippen LogP contribution is -2.32. The molecule has 18 heavy (non-hydrogen) atoms. The topological polar surface area (TPSA) is 32.3 Å². The first kappa shape index (κ1) is 13.1. The molecule has 0 spiro atoms. The maximum atomic E-state index is 12.0. The van der Waals surface area contributed by atoms with E-state index in [-0.39, 0.29) is 5.91 Å². The van der Waals surface area contributed by atoms with Crippen LogP contribution in [0.3, 0.4) is 0 Å². The fraction of sp³-hybridized carbons (Fsp3) is 0.533. The zero-order valence-electron chi connectivity index (χ0n) is 11.3. The summed E-state index contributed by atoms with van der Waals surface area (Å²) in [6.07, 6.45) is 4.74. The van der Waals surface area contributed by atoms with Crippen molar-refractivity contribution in [2.45, 2.75) is 38.3 Å². The lowest BCUT2D eigenvalue weighted by atomic mass is 10.1. The third kappa shape index (κ3) is 3.57. The Morgan fingerprint density at radius 2 is 1.83 bits per heavy atom. The molecule has 0 atom stereocenters. The molecule has 1 saturated carbocycles. The monoisotopic (exact) mass is 246 g/mol. The standard InChI is InChI=1S/C15H22N2O/c1-17(2)11-12-7-9-13(10-8-12)15(18)16-14-5-3-4-6-14/h7-10,14H,3-6,11H2,1-2H3,(H,16,18). The molecule has 1 aliphatic rings. The first-order valence-corrected chi connectivity index (χ1v) is 6.69. The highest BCUT2D eigenvalue weighted by molar-refractivity contribution is 5.94. The molecule has 0 heterocycles. The van der Waals surface area contributed by atoms with Gasteiger partial charge in [0, 0.05) is 18.2 Å². The van der Waals surface area contributed by atoms with Crippen molar-refractivity contribution >= 4 is 5.91 Å². The summed E-state index contributed by atoms with van der Waals surface area (Å²) >= 11 is 0. The normalized spacial score (nSPS) is 16.2. The second-order valence-electron chi connectivity index (χ2n) is 5.39. The van der Waals surface area contributed by atoms with Crippen molar-refractivity contribution in [3.8, 4) is 0 Å². The van der Waals surface area contributed by atoms with Gasteiger partial charge in [0.2, 0.25) is 0 Å². The summed E-state index contributed by atoms with van der Waals surface area (Å²) in [5.74, 6) is 0.0679. The van der Waals surface area contributed by atoms with E-state index in [9.17, 15) is 4.79 Å². The largest absolute Gasteiger partial charge is 0.349 e. The molecule has 3 heteroatoms. The van der Waals surface area contributed by atoms with E-state index in [1.807, 2.05) is 38.4 Å². The van der Waals surface area contributed by atoms with Crippen LogP contribution in [0.4, 0.5) is 0 Å². The van der Waals surface area contributed by atoms with Gasteiger partial charge in [-0.1, -0.05) is 25.0 Å². The molecule has 1 amide bonds. The molecule has 0 bridgehead atoms. The smallest absolute Gasteiger partial charge is 0.251 e. The lowest BCUT2D eigenvalue weighted by Gasteiger charge is -2.13. The van der Waals surface area contributed by atoms with Crippen molar-refractivity contribution in [3.05, 3.63) is 35.4 Å². The SMILES string of the molecule is CN(C)Cc1ccc(C(=O)NC2CCCC2)cc1. The molecule has 1 aromatic rings. The van der Waals surface area contributed by atoms with Crippen LogP contribution in [0.1, 0.15) is 41.6 Å². The third-order valence-electron chi connectivity index (χ3n) is 3.41. The second-order valence-corrected chi connectivity index (χ2v) is 5.39. The van der Waals surface area contributed by atoms with Crippen molar-refractivity contribution in [1.82, 2.24) is 10.2 Å². The minimum Gasteiger partial charge on any atom is -0.349 e. The van der Waals surface area contributed by atoms with Gasteiger partial charge in [-0.3, -0.25) is 4.79 Å². The van der Waals surface area contributed by atoms with Gasteiger partial charge in [0.15, 0.2) is 0 Å². The van der Waals surface area contributed by atoms with E-state index in [0.29, 0.717) is 6.04 Å². The Morgan fingerprint density at radius 1 is 1.22 bits per heavy atom. The number of hydrogen-bond donors (Lipinski definition) is 1. The van der Waals surface area contributed by atoms with Crippen molar-refractivity contribution < 1.29 is 4.79 Å². The fourth-order valence-corrected chi connectivity index (χ4v) is 2.47. The van der Waals surface area contributed by atoms with Crippen molar-refractivity contribution in [1.29, 1.82) is 0 Å². The Balaban J connectivity index is 1.93. The number of hydrogen-bond acceptors (Lipinski definition) is 2. The molecule has 98 valence electrons. The maximum absolute atomic E-state index is 12.0. The van der Waals surface area contributed by atoms with E-state index in [0.717, 1.165) is 24.9 Å². The summed E-state index contributed by atoms with van der Waals surface area (Å²) in [6, 6.07) is 8.29. The van der Waals surface area contributed by atoms with E-state index >= 15 is 0 Å². The summed E-state index contributed by atoms with van der Waals surface area (Å²) < 4.78 is 0. The highest BCUT2D eigenvalue weighted by Crippen LogP contribution is 2.18. The third-order valence-corrected chi connectivity index (χ3v) is 3.41. The molecule has 1 fully saturated rings. The second kappa shape index (κ2) is 6.01. The van der Waals surface area contributed by atoms with Gasteiger partial charge >= 0.3 is 0 Å². The summed E-state index contributed by atoms with van der Waals surface area (Å²) in [5.41, 5.74) is 2.00. The van der Waals surface area contributed by atoms with Gasteiger partial charge in [0.05, 0.1) is 0 Å². The number of nitrogens with zero attached hydrogens (tertiary/aromatic N) is 1. The summed E-state index contributed by atoms with van der Waals surface area (Å²) in [7, 11) is 4.08. The van der Waals surface area contributed by atoms with Crippen LogP contribution in [0.15, 0.2) is 24.3 Å². The van der Waals surface area contributed by atoms with Gasteiger partial charge in [-0.2, -0.15) is 0 Å². The first-order valence-electron chi connectivity index (χ1n) is 6.69. The van der Waals surface area contributed by atoms with Crippen LogP contribution in [0.2, 0.25) is 0 Å². The van der Waals surface area contributed by atoms with Crippen molar-refractivity contribution in [2.24, 2.45) is 0 Å². The molecule has 0 saturated heterocycles. The molecular formula is C15H22N2O. The Bertz CT molecular complexity index is 391. The average molecular weight is 246 g/mol. The van der Waals surface area contributed by atoms with Gasteiger partial charge < -0.3 is 10.2 Å². The number of carbonyl (C=O) groups is 1. The molecule has 0 unspecified atom stereocenters. The molecular weight excluding hydrogens is 224 g/mol. The zero-order chi connectivity index (χ0) is 13.0. The Labute approximate surface area is 109 Å². The summed E-state index contributed by atoms with van der Waals surface area (Å²) in [5, 5.41) is 3.11. The minimum absolute atomic E-state index is 0.0679. The Morgan fingerprint density at radius 3 is 2.39 bits per heavy atom. The summed E-state index contributed by atoms with van der Waals surface area (Å²) in [4.78, 5) is 14.1. The number of carbonyl (C=O) groups excluding carboxylic acids is 1. The van der Waals surface area contributed by atoms with Crippen molar-refractivity contribution in [3.63, 3.8) is 0 Å². The highest BCUT2D eigenvalue weighted by atomic mass is 16.1. The van der Waals surface area contributed by atoms with E-state index in [4.69, 9.17) is 0 Å². The van der Waals surface area contributed by atoms with Gasteiger partial charge in [0.1, 0.15) is 0 Å². The molecule has 0 aliphatic heterocycles. The van der Waals surface area contributed by atoms with Crippen LogP contribution < -0.4 is 5.32 Å². The molecule has 0 aromatic heterocycles. The fourth-order valence-electron chi connectivity index (χ4n) is 2.47. The molecule has 1 N–H and O–H groups in total. The number of benzene rings is 1. The molecule has 3 nitrogen and oxygen atoms in total. The molecule has 1 aliphatic carbocycles. The minimum atomic E-state index is 0.0679. The van der Waals surface area contributed by atoms with E-state index < -0.39 is 0 Å². The van der Waals surface area contributed by atoms with Gasteiger partial charge in [-0.25, -0.2) is 0 Å². The lowest BCUT2D eigenvalue weighted by molar-refractivity contribution is 0.0938. The Hall–Kier alpha value is -1.35. The van der Waals surface area contributed by atoms with Crippen LogP contribution in [-0.4, -0.2) is 30.9 Å². The average Bonchev–Trinajstić information content (AvgIpc) is 2.82. The van der Waals surface area contributed by atoms with Crippen LogP contribution >= 0.6 is 0 Å². The predicted molar refractivity (Wildman–Crippen MR) is 73.6 cm³/mol. The first-order chi connectivity index (χ1) is 8.65. The van der Waals surface area contributed by atoms with E-state index in [1.54, 1.807) is 0 Å². The van der Waals surface area contributed by atoms with Crippen LogP contribution in [0.5, 0.6) is 0 Å². The van der Waals surface area contributed by atoms with Crippen LogP contribution in [0.25, 0.3) is 0 Å². The highest BCUT2D eigenvalue weighted by Gasteiger charge is 2.17. The van der Waals surface area contributed by atoms with Crippen molar-refractivity contribution in [2.75, 3.05) is 14.1 Å². The number of amides is 1. The quantitative estimate of drug-likeness (QED) is 0.885. The number of nitrogens with one attached hydrogen (secondary N) is 1. The summed E-state index contributed by atoms with van der Waals surface area (Å²) in [6.45, 7) is 0.907. The maximum Gasteiger partial charge on any atom is 0.251 e. The van der Waals surface area contributed by atoms with Gasteiger partial charge in [0.25, 0.3) is 5.91 Å². The molecule has 2 rings (SSSR count). The Kier molecular flexibility index (Phi) is 4.37. The molecule has 1 aromatic carbocycles. The van der Waals surface area contributed by atoms with Crippen LogP contribution in [0, 0.1) is 0 Å². The van der Waals surface area contributed by atoms with Gasteiger partial charge in [-0.05, 0) is 44.6 Å². The zero-order valence-corrected chi connectivity index (χ0v) is 11.3. The van der Waals surface area contributed by atoms with Gasteiger partial charge in [-0.15, -0.1) is 0 Å². The van der Waals surface area contributed by atoms with Crippen LogP contribution in [-0.2, 0) is 6.54 Å².